The third-order valence-corrected chi connectivity index (χ3v) is 3.44. The summed E-state index contributed by atoms with van der Waals surface area (Å²) in [5.74, 6) is -0.303. The van der Waals surface area contributed by atoms with E-state index in [9.17, 15) is 4.79 Å². The molecule has 1 N–H and O–H groups in total. The summed E-state index contributed by atoms with van der Waals surface area (Å²) in [6.07, 6.45) is 1.04. The van der Waals surface area contributed by atoms with Gasteiger partial charge in [0.1, 0.15) is 6.61 Å². The van der Waals surface area contributed by atoms with Crippen LogP contribution in [0, 0.1) is 0 Å². The molecule has 0 bridgehead atoms. The molecule has 1 aromatic rings. The van der Waals surface area contributed by atoms with Crippen LogP contribution in [-0.2, 0) is 14.3 Å². The number of nitrogens with one attached hydrogen (secondary N) is 1. The first-order valence-electron chi connectivity index (χ1n) is 6.28. The van der Waals surface area contributed by atoms with Gasteiger partial charge in [-0.2, -0.15) is 0 Å². The topological polar surface area (TPSA) is 47.6 Å². The Balaban J connectivity index is 2.11. The summed E-state index contributed by atoms with van der Waals surface area (Å²) in [5.41, 5.74) is 0. The van der Waals surface area contributed by atoms with E-state index in [4.69, 9.17) is 9.47 Å². The quantitative estimate of drug-likeness (QED) is 0.553. The molecule has 1 heterocycles. The molecule has 0 spiro atoms. The molecular formula is C13H21NO3S. The number of hydrogen-bond donors (Lipinski definition) is 1. The van der Waals surface area contributed by atoms with E-state index in [1.807, 2.05) is 0 Å². The molecule has 0 aliphatic heterocycles. The zero-order chi connectivity index (χ0) is 13.2. The van der Waals surface area contributed by atoms with E-state index >= 15 is 0 Å². The maximum Gasteiger partial charge on any atom is 0.332 e. The summed E-state index contributed by atoms with van der Waals surface area (Å²) in [7, 11) is 0. The summed E-state index contributed by atoms with van der Waals surface area (Å²) >= 11 is 1.75. The van der Waals surface area contributed by atoms with E-state index in [1.54, 1.807) is 18.3 Å². The standard InChI is InChI=1S/C13H21NO3S/c1-3-11(12-6-5-9-18-12)14-7-8-16-10-13(15)17-4-2/h5-6,9,11,14H,3-4,7-8,10H2,1-2H3. The minimum Gasteiger partial charge on any atom is -0.464 e. The highest BCUT2D eigenvalue weighted by molar-refractivity contribution is 7.10. The lowest BCUT2D eigenvalue weighted by Crippen LogP contribution is -2.25. The molecule has 0 aromatic carbocycles. The Labute approximate surface area is 112 Å². The van der Waals surface area contributed by atoms with Gasteiger partial charge >= 0.3 is 5.97 Å². The average Bonchev–Trinajstić information content (AvgIpc) is 2.88. The van der Waals surface area contributed by atoms with Crippen molar-refractivity contribution in [3.05, 3.63) is 22.4 Å². The van der Waals surface area contributed by atoms with Crippen LogP contribution in [0.25, 0.3) is 0 Å². The molecule has 0 radical (unpaired) electrons. The number of thiophene rings is 1. The number of carbonyl (C=O) groups is 1. The number of ether oxygens (including phenoxy) is 2. The van der Waals surface area contributed by atoms with Gasteiger partial charge in [0.25, 0.3) is 0 Å². The Kier molecular flexibility index (Phi) is 7.64. The molecule has 5 heteroatoms. The highest BCUT2D eigenvalue weighted by Crippen LogP contribution is 2.21. The van der Waals surface area contributed by atoms with E-state index in [0.717, 1.165) is 13.0 Å². The Bertz CT molecular complexity index is 327. The van der Waals surface area contributed by atoms with Gasteiger partial charge in [-0.25, -0.2) is 4.79 Å². The maximum absolute atomic E-state index is 11.0. The van der Waals surface area contributed by atoms with Crippen molar-refractivity contribution in [3.63, 3.8) is 0 Å². The predicted octanol–water partition coefficient (Wildman–Crippen LogP) is 2.37. The number of hydrogen-bond acceptors (Lipinski definition) is 5. The number of carbonyl (C=O) groups excluding carboxylic acids is 1. The van der Waals surface area contributed by atoms with Crippen molar-refractivity contribution in [2.75, 3.05) is 26.4 Å². The molecule has 0 saturated carbocycles. The van der Waals surface area contributed by atoms with Gasteiger partial charge in [0.2, 0.25) is 0 Å². The van der Waals surface area contributed by atoms with Crippen molar-refractivity contribution in [3.8, 4) is 0 Å². The van der Waals surface area contributed by atoms with E-state index < -0.39 is 0 Å². The van der Waals surface area contributed by atoms with Crippen LogP contribution in [-0.4, -0.2) is 32.3 Å². The lowest BCUT2D eigenvalue weighted by molar-refractivity contribution is -0.148. The molecular weight excluding hydrogens is 250 g/mol. The van der Waals surface area contributed by atoms with E-state index in [-0.39, 0.29) is 12.6 Å². The minimum absolute atomic E-state index is 0.0330. The summed E-state index contributed by atoms with van der Waals surface area (Å²) in [5, 5.41) is 5.49. The van der Waals surface area contributed by atoms with Gasteiger partial charge in [0.05, 0.1) is 13.2 Å². The van der Waals surface area contributed by atoms with Crippen LogP contribution < -0.4 is 5.32 Å². The Hall–Kier alpha value is -0.910. The number of esters is 1. The second-order valence-corrected chi connectivity index (χ2v) is 4.77. The Morgan fingerprint density at radius 3 is 2.94 bits per heavy atom. The van der Waals surface area contributed by atoms with Gasteiger partial charge in [-0.1, -0.05) is 13.0 Å². The van der Waals surface area contributed by atoms with Crippen LogP contribution in [0.4, 0.5) is 0 Å². The third kappa shape index (κ3) is 5.62. The molecule has 0 fully saturated rings. The fourth-order valence-electron chi connectivity index (χ4n) is 1.60. The van der Waals surface area contributed by atoms with Crippen LogP contribution >= 0.6 is 11.3 Å². The molecule has 102 valence electrons. The molecule has 4 nitrogen and oxygen atoms in total. The van der Waals surface area contributed by atoms with Gasteiger partial charge < -0.3 is 14.8 Å². The second kappa shape index (κ2) is 9.08. The first kappa shape index (κ1) is 15.1. The molecule has 0 saturated heterocycles. The van der Waals surface area contributed by atoms with Gasteiger partial charge in [-0.3, -0.25) is 0 Å². The molecule has 1 atom stereocenters. The highest BCUT2D eigenvalue weighted by atomic mass is 32.1. The van der Waals surface area contributed by atoms with Crippen LogP contribution in [0.5, 0.6) is 0 Å². The molecule has 0 aliphatic carbocycles. The van der Waals surface area contributed by atoms with Gasteiger partial charge in [0.15, 0.2) is 0 Å². The summed E-state index contributed by atoms with van der Waals surface area (Å²) in [4.78, 5) is 12.4. The van der Waals surface area contributed by atoms with Crippen molar-refractivity contribution in [2.45, 2.75) is 26.3 Å². The zero-order valence-corrected chi connectivity index (χ0v) is 11.8. The van der Waals surface area contributed by atoms with Crippen LogP contribution in [0.3, 0.4) is 0 Å². The van der Waals surface area contributed by atoms with Crippen molar-refractivity contribution in [1.82, 2.24) is 5.32 Å². The van der Waals surface area contributed by atoms with E-state index in [1.165, 1.54) is 4.88 Å². The van der Waals surface area contributed by atoms with Crippen LogP contribution in [0.15, 0.2) is 17.5 Å². The molecule has 18 heavy (non-hydrogen) atoms. The average molecular weight is 271 g/mol. The molecule has 0 amide bonds. The normalized spacial score (nSPS) is 12.3. The zero-order valence-electron chi connectivity index (χ0n) is 11.0. The Morgan fingerprint density at radius 2 is 2.33 bits per heavy atom. The van der Waals surface area contributed by atoms with Crippen molar-refractivity contribution in [1.29, 1.82) is 0 Å². The van der Waals surface area contributed by atoms with Gasteiger partial charge in [-0.05, 0) is 24.8 Å². The lowest BCUT2D eigenvalue weighted by Gasteiger charge is -2.15. The first-order valence-corrected chi connectivity index (χ1v) is 7.16. The van der Waals surface area contributed by atoms with Crippen molar-refractivity contribution < 1.29 is 14.3 Å². The largest absolute Gasteiger partial charge is 0.464 e. The smallest absolute Gasteiger partial charge is 0.332 e. The highest BCUT2D eigenvalue weighted by Gasteiger charge is 2.09. The van der Waals surface area contributed by atoms with Gasteiger partial charge in [-0.15, -0.1) is 11.3 Å². The third-order valence-electron chi connectivity index (χ3n) is 2.46. The molecule has 1 rings (SSSR count). The van der Waals surface area contributed by atoms with E-state index in [2.05, 4.69) is 29.8 Å². The summed E-state index contributed by atoms with van der Waals surface area (Å²) in [6.45, 7) is 5.61. The molecule has 1 aromatic heterocycles. The number of rotatable bonds is 9. The minimum atomic E-state index is -0.303. The fraction of sp³-hybridized carbons (Fsp3) is 0.615. The van der Waals surface area contributed by atoms with E-state index in [0.29, 0.717) is 19.3 Å². The summed E-state index contributed by atoms with van der Waals surface area (Å²) < 4.78 is 9.99. The summed E-state index contributed by atoms with van der Waals surface area (Å²) in [6, 6.07) is 4.56. The van der Waals surface area contributed by atoms with Crippen molar-refractivity contribution >= 4 is 17.3 Å². The Morgan fingerprint density at radius 1 is 1.50 bits per heavy atom. The van der Waals surface area contributed by atoms with Gasteiger partial charge in [0, 0.05) is 17.5 Å². The second-order valence-electron chi connectivity index (χ2n) is 3.79. The SMILES string of the molecule is CCOC(=O)COCCNC(CC)c1cccs1. The van der Waals surface area contributed by atoms with Crippen LogP contribution in [0.2, 0.25) is 0 Å². The first-order chi connectivity index (χ1) is 8.77. The molecule has 1 unspecified atom stereocenters. The predicted molar refractivity (Wildman–Crippen MR) is 72.8 cm³/mol. The monoisotopic (exact) mass is 271 g/mol. The van der Waals surface area contributed by atoms with Crippen molar-refractivity contribution in [2.24, 2.45) is 0 Å². The van der Waals surface area contributed by atoms with Crippen LogP contribution in [0.1, 0.15) is 31.2 Å². The molecule has 0 aliphatic rings. The lowest BCUT2D eigenvalue weighted by atomic mass is 10.2. The maximum atomic E-state index is 11.0. The fourth-order valence-corrected chi connectivity index (χ4v) is 2.48.